The van der Waals surface area contributed by atoms with Crippen LogP contribution in [0.1, 0.15) is 12.5 Å². The van der Waals surface area contributed by atoms with Crippen LogP contribution >= 0.6 is 0 Å². The van der Waals surface area contributed by atoms with Gasteiger partial charge < -0.3 is 9.47 Å². The summed E-state index contributed by atoms with van der Waals surface area (Å²) in [6, 6.07) is 11.3. The van der Waals surface area contributed by atoms with Crippen molar-refractivity contribution in [1.29, 1.82) is 0 Å². The smallest absolute Gasteiger partial charge is 0.235 e. The van der Waals surface area contributed by atoms with Crippen LogP contribution in [-0.4, -0.2) is 33.7 Å². The second kappa shape index (κ2) is 6.43. The molecule has 1 amide bonds. The topological polar surface area (TPSA) is 77.8 Å². The van der Waals surface area contributed by atoms with Gasteiger partial charge in [0.05, 0.1) is 12.5 Å². The quantitative estimate of drug-likeness (QED) is 0.790. The lowest BCUT2D eigenvalue weighted by Gasteiger charge is -2.24. The van der Waals surface area contributed by atoms with Gasteiger partial charge in [0.1, 0.15) is 18.1 Å². The van der Waals surface area contributed by atoms with Crippen molar-refractivity contribution in [2.24, 2.45) is 5.92 Å². The average molecular weight is 338 g/mol. The number of rotatable bonds is 4. The van der Waals surface area contributed by atoms with Gasteiger partial charge in [0.2, 0.25) is 11.9 Å². The number of aromatic nitrogens is 3. The lowest BCUT2D eigenvalue weighted by Crippen LogP contribution is -2.33. The van der Waals surface area contributed by atoms with Crippen molar-refractivity contribution >= 4 is 17.5 Å². The first-order valence-corrected chi connectivity index (χ1v) is 8.23. The molecule has 25 heavy (non-hydrogen) atoms. The maximum atomic E-state index is 12.6. The van der Waals surface area contributed by atoms with Crippen LogP contribution in [0, 0.1) is 5.92 Å². The number of carbonyl (C=O) groups excluding carboxylic acids is 1. The largest absolute Gasteiger partial charge is 0.494 e. The molecule has 1 aliphatic heterocycles. The summed E-state index contributed by atoms with van der Waals surface area (Å²) < 4.78 is 13.0. The number of benzene rings is 1. The Morgan fingerprint density at radius 1 is 1.36 bits per heavy atom. The predicted molar refractivity (Wildman–Crippen MR) is 91.9 cm³/mol. The van der Waals surface area contributed by atoms with Crippen molar-refractivity contribution in [3.05, 3.63) is 48.2 Å². The molecule has 2 aromatic heterocycles. The van der Waals surface area contributed by atoms with E-state index >= 15 is 0 Å². The number of carbonyl (C=O) groups is 1. The Balaban J connectivity index is 1.51. The lowest BCUT2D eigenvalue weighted by atomic mass is 9.96. The minimum Gasteiger partial charge on any atom is -0.494 e. The van der Waals surface area contributed by atoms with Gasteiger partial charge in [0.15, 0.2) is 5.65 Å². The monoisotopic (exact) mass is 338 g/mol. The van der Waals surface area contributed by atoms with E-state index in [1.807, 2.05) is 49.5 Å². The van der Waals surface area contributed by atoms with E-state index in [4.69, 9.17) is 9.47 Å². The molecular weight excluding hydrogens is 320 g/mol. The molecule has 0 aliphatic carbocycles. The van der Waals surface area contributed by atoms with Gasteiger partial charge in [-0.1, -0.05) is 6.07 Å². The zero-order valence-electron chi connectivity index (χ0n) is 13.8. The standard InChI is InChI=1S/C18H18N4O3/c1-2-24-14-6-7-15-12(10-14)9-13(11-25-15)17(23)19-18-21-20-16-5-3-4-8-22(16)18/h3-8,10,13H,2,9,11H2,1H3,(H,19,21,23). The highest BCUT2D eigenvalue weighted by molar-refractivity contribution is 5.91. The SMILES string of the molecule is CCOc1ccc2c(c1)CC(C(=O)Nc1nnc3ccccn13)CO2. The third-order valence-corrected chi connectivity index (χ3v) is 4.17. The molecule has 0 saturated heterocycles. The van der Waals surface area contributed by atoms with E-state index in [-0.39, 0.29) is 11.8 Å². The Hall–Kier alpha value is -3.09. The molecule has 3 aromatic rings. The van der Waals surface area contributed by atoms with Crippen LogP contribution in [0.3, 0.4) is 0 Å². The van der Waals surface area contributed by atoms with Crippen molar-refractivity contribution in [1.82, 2.24) is 14.6 Å². The number of anilines is 1. The van der Waals surface area contributed by atoms with Crippen LogP contribution < -0.4 is 14.8 Å². The van der Waals surface area contributed by atoms with Crippen LogP contribution in [-0.2, 0) is 11.2 Å². The number of hydrogen-bond donors (Lipinski definition) is 1. The highest BCUT2D eigenvalue weighted by atomic mass is 16.5. The minimum atomic E-state index is -0.291. The number of nitrogens with one attached hydrogen (secondary N) is 1. The fraction of sp³-hybridized carbons (Fsp3) is 0.278. The van der Waals surface area contributed by atoms with E-state index in [9.17, 15) is 4.79 Å². The Kier molecular flexibility index (Phi) is 3.97. The average Bonchev–Trinajstić information content (AvgIpc) is 3.04. The Morgan fingerprint density at radius 3 is 3.16 bits per heavy atom. The second-order valence-electron chi connectivity index (χ2n) is 5.86. The summed E-state index contributed by atoms with van der Waals surface area (Å²) in [4.78, 5) is 12.6. The number of fused-ring (bicyclic) bond motifs is 2. The van der Waals surface area contributed by atoms with Crippen molar-refractivity contribution < 1.29 is 14.3 Å². The Morgan fingerprint density at radius 2 is 2.28 bits per heavy atom. The highest BCUT2D eigenvalue weighted by Crippen LogP contribution is 2.31. The molecule has 4 rings (SSSR count). The maximum Gasteiger partial charge on any atom is 0.235 e. The summed E-state index contributed by atoms with van der Waals surface area (Å²) >= 11 is 0. The van der Waals surface area contributed by atoms with Crippen LogP contribution in [0.5, 0.6) is 11.5 Å². The molecule has 0 spiro atoms. The number of hydrogen-bond acceptors (Lipinski definition) is 5. The molecule has 1 unspecified atom stereocenters. The van der Waals surface area contributed by atoms with Crippen LogP contribution in [0.15, 0.2) is 42.6 Å². The van der Waals surface area contributed by atoms with Gasteiger partial charge >= 0.3 is 0 Å². The first kappa shape index (κ1) is 15.4. The normalized spacial score (nSPS) is 16.1. The van der Waals surface area contributed by atoms with Crippen molar-refractivity contribution in [2.45, 2.75) is 13.3 Å². The predicted octanol–water partition coefficient (Wildman–Crippen LogP) is 2.32. The van der Waals surface area contributed by atoms with Gasteiger partial charge in [-0.15, -0.1) is 10.2 Å². The fourth-order valence-electron chi connectivity index (χ4n) is 2.93. The molecule has 7 heteroatoms. The summed E-state index contributed by atoms with van der Waals surface area (Å²) in [5.74, 6) is 1.58. The molecule has 0 radical (unpaired) electrons. The fourth-order valence-corrected chi connectivity index (χ4v) is 2.93. The van der Waals surface area contributed by atoms with E-state index in [1.54, 1.807) is 4.40 Å². The van der Waals surface area contributed by atoms with Gasteiger partial charge in [-0.3, -0.25) is 14.5 Å². The van der Waals surface area contributed by atoms with Crippen LogP contribution in [0.25, 0.3) is 5.65 Å². The molecule has 0 bridgehead atoms. The molecule has 3 heterocycles. The molecule has 0 fully saturated rings. The second-order valence-corrected chi connectivity index (χ2v) is 5.86. The zero-order chi connectivity index (χ0) is 17.2. The molecular formula is C18H18N4O3. The van der Waals surface area contributed by atoms with Crippen LogP contribution in [0.4, 0.5) is 5.95 Å². The van der Waals surface area contributed by atoms with Crippen molar-refractivity contribution in [3.8, 4) is 11.5 Å². The Bertz CT molecular complexity index is 922. The highest BCUT2D eigenvalue weighted by Gasteiger charge is 2.27. The van der Waals surface area contributed by atoms with Gasteiger partial charge in [0.25, 0.3) is 0 Å². The van der Waals surface area contributed by atoms with E-state index in [0.29, 0.717) is 31.2 Å². The van der Waals surface area contributed by atoms with Gasteiger partial charge in [-0.2, -0.15) is 0 Å². The third-order valence-electron chi connectivity index (χ3n) is 4.17. The van der Waals surface area contributed by atoms with E-state index in [2.05, 4.69) is 15.5 Å². The summed E-state index contributed by atoms with van der Waals surface area (Å²) in [7, 11) is 0. The summed E-state index contributed by atoms with van der Waals surface area (Å²) in [5, 5.41) is 10.9. The van der Waals surface area contributed by atoms with Gasteiger partial charge in [-0.05, 0) is 49.2 Å². The molecule has 1 aromatic carbocycles. The molecule has 1 N–H and O–H groups in total. The number of pyridine rings is 1. The van der Waals surface area contributed by atoms with E-state index < -0.39 is 0 Å². The maximum absolute atomic E-state index is 12.6. The van der Waals surface area contributed by atoms with Crippen molar-refractivity contribution in [2.75, 3.05) is 18.5 Å². The molecule has 0 saturated carbocycles. The Labute approximate surface area is 144 Å². The molecule has 1 aliphatic rings. The first-order valence-electron chi connectivity index (χ1n) is 8.23. The number of amides is 1. The molecule has 1 atom stereocenters. The molecule has 128 valence electrons. The van der Waals surface area contributed by atoms with E-state index in [1.165, 1.54) is 0 Å². The summed E-state index contributed by atoms with van der Waals surface area (Å²) in [5.41, 5.74) is 1.66. The van der Waals surface area contributed by atoms with Crippen molar-refractivity contribution in [3.63, 3.8) is 0 Å². The third kappa shape index (κ3) is 3.00. The number of ether oxygens (including phenoxy) is 2. The summed E-state index contributed by atoms with van der Waals surface area (Å²) in [6.07, 6.45) is 2.41. The summed E-state index contributed by atoms with van der Waals surface area (Å²) in [6.45, 7) is 2.88. The first-order chi connectivity index (χ1) is 12.2. The minimum absolute atomic E-state index is 0.134. The molecule has 7 nitrogen and oxygen atoms in total. The number of nitrogens with zero attached hydrogens (tertiary/aromatic N) is 3. The van der Waals surface area contributed by atoms with E-state index in [0.717, 1.165) is 17.1 Å². The zero-order valence-corrected chi connectivity index (χ0v) is 13.8. The van der Waals surface area contributed by atoms with Crippen LogP contribution in [0.2, 0.25) is 0 Å². The lowest BCUT2D eigenvalue weighted by molar-refractivity contribution is -0.121. The van der Waals surface area contributed by atoms with Gasteiger partial charge in [-0.25, -0.2) is 0 Å². The van der Waals surface area contributed by atoms with Gasteiger partial charge in [0, 0.05) is 6.20 Å².